The lowest BCUT2D eigenvalue weighted by Gasteiger charge is -2.27. The van der Waals surface area contributed by atoms with Crippen LogP contribution in [0.5, 0.6) is 0 Å². The molecule has 0 bridgehead atoms. The summed E-state index contributed by atoms with van der Waals surface area (Å²) in [6, 6.07) is 11.3. The topological polar surface area (TPSA) is 77.9 Å². The van der Waals surface area contributed by atoms with Crippen molar-refractivity contribution in [1.82, 2.24) is 9.80 Å². The van der Waals surface area contributed by atoms with Gasteiger partial charge in [0.25, 0.3) is 5.91 Å². The highest BCUT2D eigenvalue weighted by atomic mass is 35.5. The quantitative estimate of drug-likeness (QED) is 0.662. The van der Waals surface area contributed by atoms with Crippen molar-refractivity contribution < 1.29 is 18.3 Å². The van der Waals surface area contributed by atoms with Crippen molar-refractivity contribution in [3.05, 3.63) is 74.8 Å². The molecule has 2 aromatic rings. The normalized spacial score (nSPS) is 17.3. The number of aliphatic hydroxyl groups excluding tert-OH is 1. The van der Waals surface area contributed by atoms with E-state index in [0.717, 1.165) is 0 Å². The van der Waals surface area contributed by atoms with Gasteiger partial charge in [0.15, 0.2) is 5.76 Å². The van der Waals surface area contributed by atoms with Gasteiger partial charge in [-0.25, -0.2) is 8.42 Å². The predicted octanol–water partition coefficient (Wildman–Crippen LogP) is 4.07. The Bertz CT molecular complexity index is 1070. The van der Waals surface area contributed by atoms with Gasteiger partial charge in [-0.2, -0.15) is 0 Å². The van der Waals surface area contributed by atoms with Gasteiger partial charge in [0.05, 0.1) is 10.9 Å². The molecule has 1 heterocycles. The number of halogens is 2. The molecule has 2 aromatic carbocycles. The lowest BCUT2D eigenvalue weighted by molar-refractivity contribution is -0.129. The number of sulfone groups is 1. The number of hydrogen-bond acceptors (Lipinski definition) is 5. The number of aliphatic hydroxyl groups is 1. The Hall–Kier alpha value is -2.06. The van der Waals surface area contributed by atoms with E-state index in [1.165, 1.54) is 29.2 Å². The van der Waals surface area contributed by atoms with Crippen molar-refractivity contribution in [2.24, 2.45) is 0 Å². The second kappa shape index (κ2) is 8.98. The highest BCUT2D eigenvalue weighted by Gasteiger charge is 2.46. The first-order valence-corrected chi connectivity index (χ1v) is 11.5. The molecule has 30 heavy (non-hydrogen) atoms. The zero-order valence-electron chi connectivity index (χ0n) is 16.5. The van der Waals surface area contributed by atoms with Crippen LogP contribution in [-0.2, 0) is 14.6 Å². The molecule has 9 heteroatoms. The zero-order valence-corrected chi connectivity index (χ0v) is 18.9. The van der Waals surface area contributed by atoms with E-state index in [1.807, 2.05) is 19.0 Å². The third kappa shape index (κ3) is 4.49. The second-order valence-electron chi connectivity index (χ2n) is 7.28. The third-order valence-electron chi connectivity index (χ3n) is 4.86. The largest absolute Gasteiger partial charge is 0.502 e. The average Bonchev–Trinajstić information content (AvgIpc) is 2.94. The van der Waals surface area contributed by atoms with Crippen LogP contribution >= 0.6 is 23.2 Å². The minimum Gasteiger partial charge on any atom is -0.502 e. The summed E-state index contributed by atoms with van der Waals surface area (Å²) >= 11 is 11.9. The van der Waals surface area contributed by atoms with Gasteiger partial charge < -0.3 is 14.9 Å². The Labute approximate surface area is 186 Å². The fourth-order valence-electron chi connectivity index (χ4n) is 3.41. The van der Waals surface area contributed by atoms with Crippen LogP contribution in [0, 0.1) is 0 Å². The first kappa shape index (κ1) is 22.6. The number of carbonyl (C=O) groups excluding carboxylic acids is 1. The van der Waals surface area contributed by atoms with Crippen molar-refractivity contribution >= 4 is 38.9 Å². The Morgan fingerprint density at radius 2 is 1.53 bits per heavy atom. The smallest absolute Gasteiger partial charge is 0.290 e. The van der Waals surface area contributed by atoms with Gasteiger partial charge in [0.2, 0.25) is 9.84 Å². The maximum absolute atomic E-state index is 13.4. The summed E-state index contributed by atoms with van der Waals surface area (Å²) in [6.45, 7) is 0.991. The second-order valence-corrected chi connectivity index (χ2v) is 10.1. The first-order chi connectivity index (χ1) is 14.1. The molecule has 0 aliphatic carbocycles. The number of nitrogens with zero attached hydrogens (tertiary/aromatic N) is 2. The van der Waals surface area contributed by atoms with E-state index in [-0.39, 0.29) is 16.3 Å². The van der Waals surface area contributed by atoms with E-state index in [4.69, 9.17) is 23.2 Å². The number of benzene rings is 2. The van der Waals surface area contributed by atoms with Gasteiger partial charge in [-0.05, 0) is 69.0 Å². The fourth-order valence-corrected chi connectivity index (χ4v) is 5.31. The van der Waals surface area contributed by atoms with Crippen LogP contribution in [-0.4, -0.2) is 56.4 Å². The van der Waals surface area contributed by atoms with E-state index in [0.29, 0.717) is 28.6 Å². The van der Waals surface area contributed by atoms with Crippen LogP contribution in [0.2, 0.25) is 10.0 Å². The van der Waals surface area contributed by atoms with Crippen LogP contribution < -0.4 is 0 Å². The van der Waals surface area contributed by atoms with Crippen molar-refractivity contribution in [2.45, 2.75) is 17.4 Å². The molecule has 0 spiro atoms. The highest BCUT2D eigenvalue weighted by molar-refractivity contribution is 7.95. The van der Waals surface area contributed by atoms with Gasteiger partial charge >= 0.3 is 0 Å². The fraction of sp³-hybridized carbons (Fsp3) is 0.286. The molecule has 0 radical (unpaired) electrons. The predicted molar refractivity (Wildman–Crippen MR) is 117 cm³/mol. The van der Waals surface area contributed by atoms with Gasteiger partial charge in [0.1, 0.15) is 4.91 Å². The molecule has 3 rings (SSSR count). The van der Waals surface area contributed by atoms with Crippen LogP contribution in [0.25, 0.3) is 0 Å². The van der Waals surface area contributed by atoms with E-state index in [1.54, 1.807) is 24.3 Å². The van der Waals surface area contributed by atoms with Crippen molar-refractivity contribution in [2.75, 3.05) is 27.2 Å². The van der Waals surface area contributed by atoms with Crippen molar-refractivity contribution in [1.29, 1.82) is 0 Å². The summed E-state index contributed by atoms with van der Waals surface area (Å²) in [5.74, 6) is -1.46. The molecule has 0 fully saturated rings. The van der Waals surface area contributed by atoms with E-state index in [9.17, 15) is 18.3 Å². The van der Waals surface area contributed by atoms with Crippen LogP contribution in [0.1, 0.15) is 18.0 Å². The van der Waals surface area contributed by atoms with Crippen molar-refractivity contribution in [3.63, 3.8) is 0 Å². The number of hydrogen-bond donors (Lipinski definition) is 1. The standard InChI is InChI=1S/C21H22Cl2N2O4S/c1-24(2)12-3-13-25-18(14-4-6-15(22)7-5-14)20(19(26)21(25)27)30(28,29)17-10-8-16(23)9-11-17/h4-11,18,26H,3,12-13H2,1-2H3/t18-/m1/s1. The average molecular weight is 469 g/mol. The summed E-state index contributed by atoms with van der Waals surface area (Å²) < 4.78 is 26.8. The monoisotopic (exact) mass is 468 g/mol. The lowest BCUT2D eigenvalue weighted by Crippen LogP contribution is -2.33. The number of rotatable bonds is 7. The van der Waals surface area contributed by atoms with Gasteiger partial charge in [-0.1, -0.05) is 35.3 Å². The molecule has 1 aliphatic heterocycles. The molecule has 160 valence electrons. The zero-order chi connectivity index (χ0) is 22.1. The van der Waals surface area contributed by atoms with E-state index in [2.05, 4.69) is 0 Å². The molecule has 1 aliphatic rings. The summed E-state index contributed by atoms with van der Waals surface area (Å²) in [5.41, 5.74) is 0.550. The Morgan fingerprint density at radius 3 is 2.07 bits per heavy atom. The third-order valence-corrected chi connectivity index (χ3v) is 7.25. The molecule has 6 nitrogen and oxygen atoms in total. The Kier molecular flexibility index (Phi) is 6.77. The molecular formula is C21H22Cl2N2O4S. The highest BCUT2D eigenvalue weighted by Crippen LogP contribution is 2.42. The molecule has 1 atom stereocenters. The van der Waals surface area contributed by atoms with Crippen molar-refractivity contribution in [3.8, 4) is 0 Å². The van der Waals surface area contributed by atoms with E-state index < -0.39 is 27.5 Å². The summed E-state index contributed by atoms with van der Waals surface area (Å²) in [5, 5.41) is 11.5. The van der Waals surface area contributed by atoms with Crippen LogP contribution in [0.3, 0.4) is 0 Å². The molecule has 1 amide bonds. The molecule has 1 N–H and O–H groups in total. The lowest BCUT2D eigenvalue weighted by atomic mass is 10.1. The van der Waals surface area contributed by atoms with E-state index >= 15 is 0 Å². The minimum atomic E-state index is -4.15. The molecule has 0 saturated carbocycles. The number of carbonyl (C=O) groups is 1. The van der Waals surface area contributed by atoms with Gasteiger partial charge in [0, 0.05) is 16.6 Å². The molecule has 0 aromatic heterocycles. The summed E-state index contributed by atoms with van der Waals surface area (Å²) in [4.78, 5) is 15.9. The molecular weight excluding hydrogens is 447 g/mol. The maximum atomic E-state index is 13.4. The van der Waals surface area contributed by atoms with Gasteiger partial charge in [-0.15, -0.1) is 0 Å². The molecule has 0 saturated heterocycles. The van der Waals surface area contributed by atoms with Crippen LogP contribution in [0.15, 0.2) is 64.1 Å². The maximum Gasteiger partial charge on any atom is 0.290 e. The SMILES string of the molecule is CN(C)CCCN1C(=O)C(O)=C(S(=O)(=O)c2ccc(Cl)cc2)[C@H]1c1ccc(Cl)cc1. The first-order valence-electron chi connectivity index (χ1n) is 9.28. The van der Waals surface area contributed by atoms with Crippen LogP contribution in [0.4, 0.5) is 0 Å². The Morgan fingerprint density at radius 1 is 1.00 bits per heavy atom. The minimum absolute atomic E-state index is 0.0460. The number of amides is 1. The summed E-state index contributed by atoms with van der Waals surface area (Å²) in [7, 11) is -0.332. The van der Waals surface area contributed by atoms with Gasteiger partial charge in [-0.3, -0.25) is 4.79 Å². The molecule has 0 unspecified atom stereocenters. The summed E-state index contributed by atoms with van der Waals surface area (Å²) in [6.07, 6.45) is 0.615. The Balaban J connectivity index is 2.09.